The van der Waals surface area contributed by atoms with Crippen LogP contribution in [0.4, 0.5) is 22.7 Å². The van der Waals surface area contributed by atoms with Gasteiger partial charge in [0.2, 0.25) is 6.34 Å². The van der Waals surface area contributed by atoms with Crippen molar-refractivity contribution in [1.82, 2.24) is 4.65 Å². The number of anilines is 1. The van der Waals surface area contributed by atoms with Gasteiger partial charge in [0, 0.05) is 28.9 Å². The molecule has 0 saturated carbocycles. The fourth-order valence-electron chi connectivity index (χ4n) is 2.00. The van der Waals surface area contributed by atoms with E-state index in [2.05, 4.69) is 4.99 Å². The minimum atomic E-state index is -0.715. The quantitative estimate of drug-likeness (QED) is 0.482. The lowest BCUT2D eigenvalue weighted by atomic mass is 10.2. The van der Waals surface area contributed by atoms with Crippen molar-refractivity contribution in [3.8, 4) is 0 Å². The lowest BCUT2D eigenvalue weighted by Gasteiger charge is -2.33. The zero-order chi connectivity index (χ0) is 12.8. The molecule has 0 bridgehead atoms. The maximum absolute atomic E-state index is 12.9. The fraction of sp³-hybridized carbons (Fsp3) is 0. The molecule has 90 valence electrons. The third-order valence-corrected chi connectivity index (χ3v) is 3.18. The van der Waals surface area contributed by atoms with Crippen LogP contribution in [0.5, 0.6) is 0 Å². The summed E-state index contributed by atoms with van der Waals surface area (Å²) in [6.45, 7) is 0. The van der Waals surface area contributed by atoms with Crippen molar-refractivity contribution in [2.24, 2.45) is 4.99 Å². The fourth-order valence-corrected chi connectivity index (χ4v) is 2.12. The van der Waals surface area contributed by atoms with Crippen LogP contribution in [0, 0.1) is 5.21 Å². The van der Waals surface area contributed by atoms with Gasteiger partial charge in [-0.2, -0.15) is 4.99 Å². The molecule has 2 N–H and O–H groups in total. The average molecular weight is 260 g/mol. The maximum Gasteiger partial charge on any atom is 0.201 e. The Bertz CT molecular complexity index is 639. The van der Waals surface area contributed by atoms with Crippen LogP contribution in [0.25, 0.3) is 0 Å². The smallest absolute Gasteiger partial charge is 0.201 e. The molecule has 1 heterocycles. The van der Waals surface area contributed by atoms with Gasteiger partial charge in [0.15, 0.2) is 5.69 Å². The standard InChI is InChI=1S/C13H10ClN3O/c14-9-1-4-11(5-2-9)17(18)8-16-12-7-10(15)3-6-13(12)17/h1-8H,15H2. The first-order valence-corrected chi connectivity index (χ1v) is 5.78. The van der Waals surface area contributed by atoms with Crippen LogP contribution in [0.15, 0.2) is 47.5 Å². The summed E-state index contributed by atoms with van der Waals surface area (Å²) >= 11 is 5.83. The first-order valence-electron chi connectivity index (χ1n) is 5.41. The number of quaternary nitrogens is 1. The van der Waals surface area contributed by atoms with E-state index in [4.69, 9.17) is 17.3 Å². The topological polar surface area (TPSA) is 61.4 Å². The molecule has 0 spiro atoms. The number of nitrogen functional groups attached to an aromatic ring is 1. The highest BCUT2D eigenvalue weighted by Gasteiger charge is 2.30. The number of aliphatic imine (C=N–C) groups is 1. The largest absolute Gasteiger partial charge is 0.616 e. The normalized spacial score (nSPS) is 21.0. The highest BCUT2D eigenvalue weighted by Crippen LogP contribution is 2.44. The van der Waals surface area contributed by atoms with Crippen molar-refractivity contribution < 1.29 is 0 Å². The van der Waals surface area contributed by atoms with Gasteiger partial charge < -0.3 is 10.9 Å². The highest BCUT2D eigenvalue weighted by atomic mass is 35.5. The van der Waals surface area contributed by atoms with E-state index in [0.717, 1.165) is 0 Å². The second-order valence-corrected chi connectivity index (χ2v) is 4.56. The third-order valence-electron chi connectivity index (χ3n) is 2.93. The van der Waals surface area contributed by atoms with Gasteiger partial charge in [0.25, 0.3) is 0 Å². The van der Waals surface area contributed by atoms with Gasteiger partial charge in [-0.3, -0.25) is 4.65 Å². The molecule has 5 heteroatoms. The number of halogens is 1. The maximum atomic E-state index is 12.9. The van der Waals surface area contributed by atoms with E-state index < -0.39 is 4.65 Å². The monoisotopic (exact) mass is 259 g/mol. The molecular formula is C13H10ClN3O. The number of rotatable bonds is 1. The van der Waals surface area contributed by atoms with Gasteiger partial charge in [-0.05, 0) is 24.3 Å². The van der Waals surface area contributed by atoms with Gasteiger partial charge >= 0.3 is 0 Å². The third kappa shape index (κ3) is 1.59. The molecule has 2 aromatic carbocycles. The van der Waals surface area contributed by atoms with E-state index in [0.29, 0.717) is 27.8 Å². The molecule has 0 radical (unpaired) electrons. The lowest BCUT2D eigenvalue weighted by molar-refractivity contribution is 0.777. The Hall–Kier alpha value is -1.88. The second kappa shape index (κ2) is 3.81. The van der Waals surface area contributed by atoms with Crippen LogP contribution < -0.4 is 10.4 Å². The predicted molar refractivity (Wildman–Crippen MR) is 75.3 cm³/mol. The summed E-state index contributed by atoms with van der Waals surface area (Å²) in [5, 5.41) is 13.4. The molecule has 0 aromatic heterocycles. The van der Waals surface area contributed by atoms with Crippen LogP contribution in [0.1, 0.15) is 0 Å². The zero-order valence-corrected chi connectivity index (χ0v) is 10.1. The minimum absolute atomic E-state index is 0.562. The molecule has 0 saturated heterocycles. The summed E-state index contributed by atoms with van der Waals surface area (Å²) in [6.07, 6.45) is 1.35. The first kappa shape index (κ1) is 11.2. The van der Waals surface area contributed by atoms with Crippen LogP contribution in [0.3, 0.4) is 0 Å². The van der Waals surface area contributed by atoms with E-state index in [-0.39, 0.29) is 0 Å². The zero-order valence-electron chi connectivity index (χ0n) is 9.38. The van der Waals surface area contributed by atoms with Crippen molar-refractivity contribution >= 4 is 40.7 Å². The highest BCUT2D eigenvalue weighted by molar-refractivity contribution is 6.30. The number of hydrogen-bond donors (Lipinski definition) is 1. The summed E-state index contributed by atoms with van der Waals surface area (Å²) in [7, 11) is 0. The molecule has 18 heavy (non-hydrogen) atoms. The van der Waals surface area contributed by atoms with E-state index in [1.807, 2.05) is 0 Å². The van der Waals surface area contributed by atoms with E-state index in [1.165, 1.54) is 6.34 Å². The summed E-state index contributed by atoms with van der Waals surface area (Å²) in [6, 6.07) is 11.9. The van der Waals surface area contributed by atoms with E-state index in [1.54, 1.807) is 42.5 Å². The first-order chi connectivity index (χ1) is 8.59. The van der Waals surface area contributed by atoms with Gasteiger partial charge in [-0.15, -0.1) is 0 Å². The van der Waals surface area contributed by atoms with Gasteiger partial charge in [-0.25, -0.2) is 0 Å². The number of nitrogens with two attached hydrogens (primary N) is 1. The van der Waals surface area contributed by atoms with Crippen molar-refractivity contribution in [3.63, 3.8) is 0 Å². The molecule has 1 unspecified atom stereocenters. The number of fused-ring (bicyclic) bond motifs is 1. The number of nitrogens with zero attached hydrogens (tertiary/aromatic N) is 2. The van der Waals surface area contributed by atoms with Crippen molar-refractivity contribution in [1.29, 1.82) is 0 Å². The summed E-state index contributed by atoms with van der Waals surface area (Å²) in [5.41, 5.74) is 8.01. The van der Waals surface area contributed by atoms with Gasteiger partial charge in [0.1, 0.15) is 11.4 Å². The van der Waals surface area contributed by atoms with Crippen molar-refractivity contribution in [2.75, 3.05) is 5.73 Å². The Labute approximate surface area is 109 Å². The van der Waals surface area contributed by atoms with E-state index in [9.17, 15) is 5.21 Å². The molecular weight excluding hydrogens is 250 g/mol. The Kier molecular flexibility index (Phi) is 2.38. The van der Waals surface area contributed by atoms with Gasteiger partial charge in [-0.1, -0.05) is 11.6 Å². The van der Waals surface area contributed by atoms with Crippen molar-refractivity contribution in [3.05, 3.63) is 52.7 Å². The number of hydrogen-bond acceptors (Lipinski definition) is 3. The SMILES string of the molecule is Nc1ccc2c(c1)N=C[N+]2([O-])c1ccc(Cl)cc1. The Morgan fingerprint density at radius 3 is 2.56 bits per heavy atom. The second-order valence-electron chi connectivity index (χ2n) is 4.13. The number of benzene rings is 2. The van der Waals surface area contributed by atoms with E-state index >= 15 is 0 Å². The summed E-state index contributed by atoms with van der Waals surface area (Å²) in [5.74, 6) is 0. The molecule has 0 amide bonds. The number of hydroxylamine groups is 1. The molecule has 0 fully saturated rings. The molecule has 4 nitrogen and oxygen atoms in total. The molecule has 1 atom stereocenters. The van der Waals surface area contributed by atoms with Gasteiger partial charge in [0.05, 0.1) is 0 Å². The average Bonchev–Trinajstić information content (AvgIpc) is 2.68. The van der Waals surface area contributed by atoms with Crippen LogP contribution in [0.2, 0.25) is 5.02 Å². The minimum Gasteiger partial charge on any atom is -0.616 e. The summed E-state index contributed by atoms with van der Waals surface area (Å²) < 4.78 is -0.715. The Morgan fingerprint density at radius 2 is 1.83 bits per heavy atom. The van der Waals surface area contributed by atoms with Crippen LogP contribution in [-0.4, -0.2) is 6.34 Å². The molecule has 3 rings (SSSR count). The molecule has 2 aromatic rings. The Morgan fingerprint density at radius 1 is 1.11 bits per heavy atom. The lowest BCUT2D eigenvalue weighted by Crippen LogP contribution is -2.33. The van der Waals surface area contributed by atoms with Crippen LogP contribution >= 0.6 is 11.6 Å². The summed E-state index contributed by atoms with van der Waals surface area (Å²) in [4.78, 5) is 4.13. The van der Waals surface area contributed by atoms with Crippen LogP contribution in [-0.2, 0) is 0 Å². The molecule has 0 aliphatic carbocycles. The van der Waals surface area contributed by atoms with Crippen molar-refractivity contribution in [2.45, 2.75) is 0 Å². The molecule has 1 aliphatic rings. The predicted octanol–water partition coefficient (Wildman–Crippen LogP) is 3.73. The molecule has 1 aliphatic heterocycles. The Balaban J connectivity index is 2.14.